The summed E-state index contributed by atoms with van der Waals surface area (Å²) >= 11 is 0. The predicted octanol–water partition coefficient (Wildman–Crippen LogP) is 5.01. The van der Waals surface area contributed by atoms with Gasteiger partial charge in [-0.25, -0.2) is 9.97 Å². The normalized spacial score (nSPS) is 13.7. The van der Waals surface area contributed by atoms with Gasteiger partial charge in [-0.15, -0.1) is 0 Å². The van der Waals surface area contributed by atoms with Gasteiger partial charge in [-0.3, -0.25) is 9.59 Å². The van der Waals surface area contributed by atoms with Gasteiger partial charge in [-0.1, -0.05) is 30.3 Å². The van der Waals surface area contributed by atoms with Crippen LogP contribution in [0.25, 0.3) is 16.8 Å². The van der Waals surface area contributed by atoms with Crippen LogP contribution in [0.1, 0.15) is 36.3 Å². The first-order valence-electron chi connectivity index (χ1n) is 11.8. The number of para-hydroxylation sites is 1. The molecule has 7 heteroatoms. The molecule has 1 aliphatic rings. The van der Waals surface area contributed by atoms with E-state index in [-0.39, 0.29) is 11.8 Å². The summed E-state index contributed by atoms with van der Waals surface area (Å²) < 4.78 is 5.14. The summed E-state index contributed by atoms with van der Waals surface area (Å²) in [6.45, 7) is 4.34. The lowest BCUT2D eigenvalue weighted by atomic mass is 9.97. The number of hydrogen-bond donors (Lipinski definition) is 0. The minimum Gasteiger partial charge on any atom is -0.481 e. The molecule has 7 nitrogen and oxygen atoms in total. The highest BCUT2D eigenvalue weighted by Crippen LogP contribution is 2.35. The Morgan fingerprint density at radius 2 is 1.83 bits per heavy atom. The van der Waals surface area contributed by atoms with E-state index in [1.807, 2.05) is 62.4 Å². The SMILES string of the molecule is COc1ccc(-c2cccc(C(=O)N3CCC(/C=C(\C)C(=O)N(C)C)=C(C)c4ccccc43)n2)cn1. The number of ether oxygens (including phenoxy) is 1. The van der Waals surface area contributed by atoms with Gasteiger partial charge >= 0.3 is 0 Å². The fourth-order valence-electron chi connectivity index (χ4n) is 4.31. The lowest BCUT2D eigenvalue weighted by Gasteiger charge is -2.23. The Hall–Kier alpha value is -4.26. The van der Waals surface area contributed by atoms with Gasteiger partial charge in [0.2, 0.25) is 11.8 Å². The molecule has 2 aromatic heterocycles. The third-order valence-electron chi connectivity index (χ3n) is 6.27. The Kier molecular flexibility index (Phi) is 7.29. The molecule has 3 heterocycles. The zero-order valence-corrected chi connectivity index (χ0v) is 21.3. The van der Waals surface area contributed by atoms with Crippen LogP contribution in [-0.4, -0.2) is 54.4 Å². The molecule has 2 amide bonds. The van der Waals surface area contributed by atoms with Crippen molar-refractivity contribution in [2.45, 2.75) is 20.3 Å². The number of rotatable bonds is 5. The molecule has 0 N–H and O–H groups in total. The first-order valence-corrected chi connectivity index (χ1v) is 11.8. The summed E-state index contributed by atoms with van der Waals surface area (Å²) in [5.74, 6) is 0.307. The van der Waals surface area contributed by atoms with Crippen LogP contribution in [0.3, 0.4) is 0 Å². The van der Waals surface area contributed by atoms with Crippen LogP contribution in [-0.2, 0) is 4.79 Å². The number of amides is 2. The highest BCUT2D eigenvalue weighted by molar-refractivity contribution is 6.07. The van der Waals surface area contributed by atoms with Crippen molar-refractivity contribution in [3.63, 3.8) is 0 Å². The van der Waals surface area contributed by atoms with Gasteiger partial charge in [0.1, 0.15) is 5.69 Å². The predicted molar refractivity (Wildman–Crippen MR) is 142 cm³/mol. The smallest absolute Gasteiger partial charge is 0.276 e. The zero-order valence-electron chi connectivity index (χ0n) is 21.3. The van der Waals surface area contributed by atoms with Crippen molar-refractivity contribution < 1.29 is 14.3 Å². The second-order valence-corrected chi connectivity index (χ2v) is 8.90. The molecule has 0 saturated heterocycles. The number of benzene rings is 1. The van der Waals surface area contributed by atoms with Gasteiger partial charge in [-0.2, -0.15) is 0 Å². The van der Waals surface area contributed by atoms with Gasteiger partial charge in [0.05, 0.1) is 18.5 Å². The largest absolute Gasteiger partial charge is 0.481 e. The number of methoxy groups -OCH3 is 1. The molecular formula is C29H30N4O3. The summed E-state index contributed by atoms with van der Waals surface area (Å²) in [5, 5.41) is 0. The fraction of sp³-hybridized carbons (Fsp3) is 0.241. The van der Waals surface area contributed by atoms with Crippen molar-refractivity contribution in [1.82, 2.24) is 14.9 Å². The lowest BCUT2D eigenvalue weighted by Crippen LogP contribution is -2.32. The minimum absolute atomic E-state index is 0.0326. The monoisotopic (exact) mass is 482 g/mol. The molecule has 0 saturated carbocycles. The third-order valence-corrected chi connectivity index (χ3v) is 6.27. The second kappa shape index (κ2) is 10.6. The Morgan fingerprint density at radius 1 is 1.06 bits per heavy atom. The van der Waals surface area contributed by atoms with Gasteiger partial charge in [-0.05, 0) is 55.7 Å². The maximum atomic E-state index is 13.8. The van der Waals surface area contributed by atoms with Crippen LogP contribution in [0.4, 0.5) is 5.69 Å². The molecule has 36 heavy (non-hydrogen) atoms. The second-order valence-electron chi connectivity index (χ2n) is 8.90. The van der Waals surface area contributed by atoms with Crippen LogP contribution < -0.4 is 9.64 Å². The number of hydrogen-bond acceptors (Lipinski definition) is 5. The topological polar surface area (TPSA) is 75.6 Å². The number of carbonyl (C=O) groups excluding carboxylic acids is 2. The summed E-state index contributed by atoms with van der Waals surface area (Å²) in [7, 11) is 5.05. The molecule has 0 radical (unpaired) electrons. The molecule has 1 aromatic carbocycles. The Bertz CT molecular complexity index is 1360. The average molecular weight is 483 g/mol. The van der Waals surface area contributed by atoms with Gasteiger partial charge in [0, 0.05) is 49.6 Å². The highest BCUT2D eigenvalue weighted by atomic mass is 16.5. The molecule has 3 aromatic rings. The van der Waals surface area contributed by atoms with E-state index in [2.05, 4.69) is 9.97 Å². The van der Waals surface area contributed by atoms with E-state index < -0.39 is 0 Å². The lowest BCUT2D eigenvalue weighted by molar-refractivity contribution is -0.124. The average Bonchev–Trinajstić information content (AvgIpc) is 3.04. The summed E-state index contributed by atoms with van der Waals surface area (Å²) in [6.07, 6.45) is 4.24. The summed E-state index contributed by atoms with van der Waals surface area (Å²) in [4.78, 5) is 38.5. The molecule has 0 aliphatic carbocycles. The minimum atomic E-state index is -0.176. The number of likely N-dealkylation sites (N-methyl/N-ethyl adjacent to an activating group) is 1. The fourth-order valence-corrected chi connectivity index (χ4v) is 4.31. The Balaban J connectivity index is 1.68. The summed E-state index contributed by atoms with van der Waals surface area (Å²) in [5.41, 5.74) is 6.37. The van der Waals surface area contributed by atoms with Gasteiger partial charge < -0.3 is 14.5 Å². The maximum absolute atomic E-state index is 13.8. The van der Waals surface area contributed by atoms with Crippen LogP contribution in [0, 0.1) is 0 Å². The quantitative estimate of drug-likeness (QED) is 0.478. The number of pyridine rings is 2. The standard InChI is InChI=1S/C29H30N4O3/c1-19(28(34)32(3)4)17-21-15-16-33(26-12-7-6-9-23(26)20(21)2)29(35)25-11-8-10-24(31-25)22-13-14-27(36-5)30-18-22/h6-14,17-18H,15-16H2,1-5H3/b19-17+. The zero-order chi connectivity index (χ0) is 25.8. The molecule has 184 valence electrons. The van der Waals surface area contributed by atoms with Crippen molar-refractivity contribution in [2.75, 3.05) is 32.6 Å². The van der Waals surface area contributed by atoms with Crippen LogP contribution >= 0.6 is 0 Å². The van der Waals surface area contributed by atoms with Crippen LogP contribution in [0.5, 0.6) is 5.88 Å². The number of anilines is 1. The van der Waals surface area contributed by atoms with Crippen molar-refractivity contribution in [3.8, 4) is 17.1 Å². The molecule has 0 fully saturated rings. The maximum Gasteiger partial charge on any atom is 0.276 e. The van der Waals surface area contributed by atoms with Crippen molar-refractivity contribution in [1.29, 1.82) is 0 Å². The van der Waals surface area contributed by atoms with E-state index >= 15 is 0 Å². The Labute approximate surface area is 211 Å². The van der Waals surface area contributed by atoms with Crippen LogP contribution in [0.15, 0.2) is 78.0 Å². The van der Waals surface area contributed by atoms with Crippen molar-refractivity contribution in [2.24, 2.45) is 0 Å². The summed E-state index contributed by atoms with van der Waals surface area (Å²) in [6, 6.07) is 16.9. The molecule has 0 atom stereocenters. The molecule has 4 rings (SSSR count). The van der Waals surface area contributed by atoms with Crippen molar-refractivity contribution >= 4 is 23.1 Å². The van der Waals surface area contributed by atoms with Crippen molar-refractivity contribution in [3.05, 3.63) is 89.3 Å². The third kappa shape index (κ3) is 5.05. The van der Waals surface area contributed by atoms with E-state index in [1.54, 1.807) is 49.3 Å². The van der Waals surface area contributed by atoms with E-state index in [9.17, 15) is 9.59 Å². The first kappa shape index (κ1) is 24.9. The Morgan fingerprint density at radius 3 is 2.53 bits per heavy atom. The number of fused-ring (bicyclic) bond motifs is 1. The van der Waals surface area contributed by atoms with E-state index in [4.69, 9.17) is 4.74 Å². The molecule has 0 bridgehead atoms. The van der Waals surface area contributed by atoms with E-state index in [0.717, 1.165) is 28.0 Å². The molecule has 0 unspecified atom stereocenters. The molecule has 1 aliphatic heterocycles. The van der Waals surface area contributed by atoms with E-state index in [0.29, 0.717) is 35.8 Å². The molecule has 0 spiro atoms. The first-order chi connectivity index (χ1) is 17.3. The van der Waals surface area contributed by atoms with Gasteiger partial charge in [0.15, 0.2) is 0 Å². The molecular weight excluding hydrogens is 452 g/mol. The number of carbonyl (C=O) groups is 2. The number of nitrogens with zero attached hydrogens (tertiary/aromatic N) is 4. The number of aromatic nitrogens is 2. The highest BCUT2D eigenvalue weighted by Gasteiger charge is 2.26. The van der Waals surface area contributed by atoms with Gasteiger partial charge in [0.25, 0.3) is 5.91 Å². The van der Waals surface area contributed by atoms with E-state index in [1.165, 1.54) is 0 Å². The number of allylic oxidation sites excluding steroid dienone is 2. The van der Waals surface area contributed by atoms with Crippen LogP contribution in [0.2, 0.25) is 0 Å².